The van der Waals surface area contributed by atoms with Gasteiger partial charge in [-0.1, -0.05) is 12.1 Å². The number of methoxy groups -OCH3 is 2. The molecule has 1 N–H and O–H groups in total. The van der Waals surface area contributed by atoms with E-state index in [-0.39, 0.29) is 5.75 Å². The molecule has 3 aromatic carbocycles. The molecular formula is C23H22O4. The van der Waals surface area contributed by atoms with Crippen molar-refractivity contribution in [3.63, 3.8) is 0 Å². The summed E-state index contributed by atoms with van der Waals surface area (Å²) in [5.74, 6) is 3.78. The molecule has 0 fully saturated rings. The van der Waals surface area contributed by atoms with Crippen LogP contribution in [-0.4, -0.2) is 19.3 Å². The maximum atomic E-state index is 9.47. The topological polar surface area (TPSA) is 47.9 Å². The van der Waals surface area contributed by atoms with Gasteiger partial charge in [-0.3, -0.25) is 0 Å². The molecule has 0 spiro atoms. The Morgan fingerprint density at radius 2 is 1.44 bits per heavy atom. The average molecular weight is 362 g/mol. The maximum Gasteiger partial charge on any atom is 0.134 e. The van der Waals surface area contributed by atoms with Crippen molar-refractivity contribution >= 4 is 0 Å². The average Bonchev–Trinajstić information content (AvgIpc) is 3.14. The van der Waals surface area contributed by atoms with Crippen molar-refractivity contribution in [3.8, 4) is 28.7 Å². The highest BCUT2D eigenvalue weighted by Gasteiger charge is 2.27. The van der Waals surface area contributed by atoms with Crippen LogP contribution in [0.2, 0.25) is 0 Å². The summed E-state index contributed by atoms with van der Waals surface area (Å²) in [6.07, 6.45) is 1.86. The highest BCUT2D eigenvalue weighted by molar-refractivity contribution is 5.53. The molecule has 4 heteroatoms. The number of rotatable bonds is 5. The van der Waals surface area contributed by atoms with Crippen LogP contribution in [0.25, 0.3) is 0 Å². The molecule has 27 heavy (non-hydrogen) atoms. The van der Waals surface area contributed by atoms with E-state index in [1.807, 2.05) is 18.2 Å². The predicted molar refractivity (Wildman–Crippen MR) is 104 cm³/mol. The molecule has 138 valence electrons. The van der Waals surface area contributed by atoms with Gasteiger partial charge in [0.2, 0.25) is 0 Å². The highest BCUT2D eigenvalue weighted by Crippen LogP contribution is 2.43. The van der Waals surface area contributed by atoms with Gasteiger partial charge in [0.15, 0.2) is 0 Å². The Hall–Kier alpha value is -3.14. The number of phenolic OH excluding ortho intramolecular Hbond substituents is 1. The SMILES string of the molecule is COc1ccc(C2Cc3cc(OC)cc(Oc4ccc(O)cc4)c3C2)cc1. The van der Waals surface area contributed by atoms with E-state index >= 15 is 0 Å². The zero-order valence-corrected chi connectivity index (χ0v) is 15.4. The van der Waals surface area contributed by atoms with Crippen molar-refractivity contribution in [2.75, 3.05) is 14.2 Å². The molecule has 1 atom stereocenters. The lowest BCUT2D eigenvalue weighted by molar-refractivity contribution is 0.407. The van der Waals surface area contributed by atoms with Gasteiger partial charge in [-0.2, -0.15) is 0 Å². The highest BCUT2D eigenvalue weighted by atomic mass is 16.5. The smallest absolute Gasteiger partial charge is 0.134 e. The summed E-state index contributed by atoms with van der Waals surface area (Å²) in [6.45, 7) is 0. The largest absolute Gasteiger partial charge is 0.508 e. The summed E-state index contributed by atoms with van der Waals surface area (Å²) in [4.78, 5) is 0. The van der Waals surface area contributed by atoms with E-state index in [4.69, 9.17) is 14.2 Å². The first kappa shape index (κ1) is 17.3. The van der Waals surface area contributed by atoms with Crippen LogP contribution < -0.4 is 14.2 Å². The summed E-state index contributed by atoms with van der Waals surface area (Å²) in [7, 11) is 3.35. The van der Waals surface area contributed by atoms with E-state index in [1.165, 1.54) is 16.7 Å². The second kappa shape index (κ2) is 7.23. The number of ether oxygens (including phenoxy) is 3. The predicted octanol–water partition coefficient (Wildman–Crippen LogP) is 5.08. The van der Waals surface area contributed by atoms with E-state index in [0.29, 0.717) is 11.7 Å². The molecular weight excluding hydrogens is 340 g/mol. The molecule has 0 bridgehead atoms. The lowest BCUT2D eigenvalue weighted by Gasteiger charge is -2.13. The monoisotopic (exact) mass is 362 g/mol. The van der Waals surface area contributed by atoms with E-state index in [2.05, 4.69) is 18.2 Å². The number of phenols is 1. The minimum absolute atomic E-state index is 0.220. The lowest BCUT2D eigenvalue weighted by Crippen LogP contribution is -1.98. The molecule has 1 aliphatic carbocycles. The van der Waals surface area contributed by atoms with Crippen LogP contribution in [-0.2, 0) is 12.8 Å². The Morgan fingerprint density at radius 3 is 2.11 bits per heavy atom. The Labute approximate surface area is 158 Å². The summed E-state index contributed by atoms with van der Waals surface area (Å²) >= 11 is 0. The van der Waals surface area contributed by atoms with Gasteiger partial charge in [0.25, 0.3) is 0 Å². The molecule has 0 heterocycles. The van der Waals surface area contributed by atoms with Gasteiger partial charge in [-0.05, 0) is 77.9 Å². The molecule has 0 saturated carbocycles. The lowest BCUT2D eigenvalue weighted by atomic mass is 9.96. The van der Waals surface area contributed by atoms with Gasteiger partial charge >= 0.3 is 0 Å². The third-order valence-corrected chi connectivity index (χ3v) is 5.08. The van der Waals surface area contributed by atoms with Crippen molar-refractivity contribution in [3.05, 3.63) is 77.4 Å². The molecule has 4 nitrogen and oxygen atoms in total. The third kappa shape index (κ3) is 3.56. The first-order valence-electron chi connectivity index (χ1n) is 8.97. The van der Waals surface area contributed by atoms with Crippen molar-refractivity contribution in [2.24, 2.45) is 0 Å². The second-order valence-corrected chi connectivity index (χ2v) is 6.74. The molecule has 0 aromatic heterocycles. The van der Waals surface area contributed by atoms with Crippen LogP contribution in [0.3, 0.4) is 0 Å². The van der Waals surface area contributed by atoms with Gasteiger partial charge in [0.05, 0.1) is 14.2 Å². The van der Waals surface area contributed by atoms with Gasteiger partial charge in [0.1, 0.15) is 28.7 Å². The minimum atomic E-state index is 0.220. The van der Waals surface area contributed by atoms with E-state index in [9.17, 15) is 5.11 Å². The van der Waals surface area contributed by atoms with E-state index in [1.54, 1.807) is 38.5 Å². The summed E-state index contributed by atoms with van der Waals surface area (Å²) < 4.78 is 16.9. The standard InChI is InChI=1S/C23H22O4/c1-25-19-7-3-15(4-8-19)16-11-17-12-21(26-2)14-23(22(17)13-16)27-20-9-5-18(24)6-10-20/h3-10,12,14,16,24H,11,13H2,1-2H3. The summed E-state index contributed by atoms with van der Waals surface area (Å²) in [6, 6.07) is 19.1. The number of hydrogen-bond donors (Lipinski definition) is 1. The van der Waals surface area contributed by atoms with Crippen molar-refractivity contribution in [1.82, 2.24) is 0 Å². The normalized spacial score (nSPS) is 15.3. The minimum Gasteiger partial charge on any atom is -0.508 e. The van der Waals surface area contributed by atoms with Gasteiger partial charge in [0, 0.05) is 6.07 Å². The quantitative estimate of drug-likeness (QED) is 0.687. The number of fused-ring (bicyclic) bond motifs is 1. The first-order valence-corrected chi connectivity index (χ1v) is 8.97. The summed E-state index contributed by atoms with van der Waals surface area (Å²) in [5, 5.41) is 9.47. The third-order valence-electron chi connectivity index (χ3n) is 5.08. The second-order valence-electron chi connectivity index (χ2n) is 6.74. The van der Waals surface area contributed by atoms with Crippen molar-refractivity contribution in [2.45, 2.75) is 18.8 Å². The molecule has 3 aromatic rings. The fraction of sp³-hybridized carbons (Fsp3) is 0.217. The van der Waals surface area contributed by atoms with Crippen LogP contribution in [0.1, 0.15) is 22.6 Å². The van der Waals surface area contributed by atoms with E-state index < -0.39 is 0 Å². The van der Waals surface area contributed by atoms with Crippen molar-refractivity contribution < 1.29 is 19.3 Å². The number of aromatic hydroxyl groups is 1. The van der Waals surface area contributed by atoms with Gasteiger partial charge in [-0.25, -0.2) is 0 Å². The molecule has 1 unspecified atom stereocenters. The number of hydrogen-bond acceptors (Lipinski definition) is 4. The Bertz CT molecular complexity index is 930. The number of benzene rings is 3. The Balaban J connectivity index is 1.63. The Morgan fingerprint density at radius 1 is 0.778 bits per heavy atom. The molecule has 4 rings (SSSR count). The first-order chi connectivity index (χ1) is 13.2. The molecule has 0 amide bonds. The van der Waals surface area contributed by atoms with E-state index in [0.717, 1.165) is 30.1 Å². The maximum absolute atomic E-state index is 9.47. The van der Waals surface area contributed by atoms with Crippen LogP contribution in [0.15, 0.2) is 60.7 Å². The molecule has 1 aliphatic rings. The molecule has 0 radical (unpaired) electrons. The fourth-order valence-corrected chi connectivity index (χ4v) is 3.63. The van der Waals surface area contributed by atoms with Crippen LogP contribution >= 0.6 is 0 Å². The van der Waals surface area contributed by atoms with Crippen LogP contribution in [0.5, 0.6) is 28.7 Å². The van der Waals surface area contributed by atoms with Gasteiger partial charge < -0.3 is 19.3 Å². The molecule has 0 saturated heterocycles. The van der Waals surface area contributed by atoms with Gasteiger partial charge in [-0.15, -0.1) is 0 Å². The molecule has 0 aliphatic heterocycles. The van der Waals surface area contributed by atoms with Crippen molar-refractivity contribution in [1.29, 1.82) is 0 Å². The zero-order chi connectivity index (χ0) is 18.8. The van der Waals surface area contributed by atoms with Crippen LogP contribution in [0, 0.1) is 0 Å². The van der Waals surface area contributed by atoms with Crippen LogP contribution in [0.4, 0.5) is 0 Å². The fourth-order valence-electron chi connectivity index (χ4n) is 3.63. The zero-order valence-electron chi connectivity index (χ0n) is 15.4. The Kier molecular flexibility index (Phi) is 4.63. The summed E-state index contributed by atoms with van der Waals surface area (Å²) in [5.41, 5.74) is 3.76.